The second-order valence-corrected chi connectivity index (χ2v) is 11.8. The highest BCUT2D eigenvalue weighted by molar-refractivity contribution is 6.00. The summed E-state index contributed by atoms with van der Waals surface area (Å²) < 4.78 is 0. The molecule has 0 radical (unpaired) electrons. The van der Waals surface area contributed by atoms with Gasteiger partial charge in [0.15, 0.2) is 0 Å². The molecular weight excluding hydrogens is 524 g/mol. The van der Waals surface area contributed by atoms with Crippen LogP contribution in [0, 0.1) is 5.92 Å². The Kier molecular flexibility index (Phi) is 8.15. The summed E-state index contributed by atoms with van der Waals surface area (Å²) in [6, 6.07) is 25.7. The van der Waals surface area contributed by atoms with Crippen molar-refractivity contribution in [1.82, 2.24) is 20.1 Å². The van der Waals surface area contributed by atoms with Crippen LogP contribution in [0.4, 0.5) is 16.2 Å². The third-order valence-electron chi connectivity index (χ3n) is 8.50. The number of urea groups is 1. The fourth-order valence-corrected chi connectivity index (χ4v) is 6.48. The standard InChI is InChI=1S/C34H40N6O2/c1-37(2)23-25-20-26-10-6-9-15-32(26)40(24-25)33(41)31(21-27-22-35-30-14-8-7-13-29(27)30)36-34(42)39-18-16-38(17-19-39)28-11-4-3-5-12-28/h3-15,22,25,31,35H,16-21,23-24H2,1-2H3,(H,36,42)/t25?,31-/m1/s1. The zero-order valence-electron chi connectivity index (χ0n) is 24.5. The van der Waals surface area contributed by atoms with Crippen molar-refractivity contribution in [3.05, 3.63) is 96.2 Å². The maximum atomic E-state index is 14.5. The van der Waals surface area contributed by atoms with Gasteiger partial charge in [-0.1, -0.05) is 54.6 Å². The molecule has 8 heteroatoms. The Labute approximate surface area is 247 Å². The molecule has 3 aromatic carbocycles. The second-order valence-electron chi connectivity index (χ2n) is 11.8. The number of nitrogens with zero attached hydrogens (tertiary/aromatic N) is 4. The summed E-state index contributed by atoms with van der Waals surface area (Å²) >= 11 is 0. The number of carbonyl (C=O) groups is 2. The number of nitrogens with one attached hydrogen (secondary N) is 2. The summed E-state index contributed by atoms with van der Waals surface area (Å²) in [6.07, 6.45) is 3.31. The molecule has 1 saturated heterocycles. The molecule has 2 atom stereocenters. The summed E-state index contributed by atoms with van der Waals surface area (Å²) in [6.45, 7) is 4.24. The van der Waals surface area contributed by atoms with Gasteiger partial charge >= 0.3 is 6.03 Å². The van der Waals surface area contributed by atoms with Crippen LogP contribution in [0.5, 0.6) is 0 Å². The maximum absolute atomic E-state index is 14.5. The van der Waals surface area contributed by atoms with Gasteiger partial charge < -0.3 is 29.9 Å². The van der Waals surface area contributed by atoms with Crippen molar-refractivity contribution in [2.24, 2.45) is 5.92 Å². The lowest BCUT2D eigenvalue weighted by Gasteiger charge is -2.39. The van der Waals surface area contributed by atoms with Gasteiger partial charge in [-0.05, 0) is 61.8 Å². The number of benzene rings is 3. The van der Waals surface area contributed by atoms with E-state index < -0.39 is 6.04 Å². The highest BCUT2D eigenvalue weighted by atomic mass is 16.2. The van der Waals surface area contributed by atoms with Crippen molar-refractivity contribution in [3.8, 4) is 0 Å². The van der Waals surface area contributed by atoms with Gasteiger partial charge in [0.25, 0.3) is 0 Å². The van der Waals surface area contributed by atoms with Gasteiger partial charge in [-0.3, -0.25) is 4.79 Å². The van der Waals surface area contributed by atoms with Crippen molar-refractivity contribution >= 4 is 34.2 Å². The molecule has 1 fully saturated rings. The molecule has 0 spiro atoms. The van der Waals surface area contributed by atoms with E-state index in [1.165, 1.54) is 11.3 Å². The lowest BCUT2D eigenvalue weighted by atomic mass is 9.91. The molecule has 2 aliphatic rings. The van der Waals surface area contributed by atoms with Gasteiger partial charge in [0, 0.05) is 74.2 Å². The molecule has 4 aromatic rings. The molecule has 3 heterocycles. The van der Waals surface area contributed by atoms with Crippen molar-refractivity contribution in [1.29, 1.82) is 0 Å². The first kappa shape index (κ1) is 27.8. The SMILES string of the molecule is CN(C)CC1Cc2ccccc2N(C(=O)[C@@H](Cc2c[nH]c3ccccc23)NC(=O)N2CCN(c3ccccc3)CC2)C1. The minimum absolute atomic E-state index is 0.0625. The first-order valence-electron chi connectivity index (χ1n) is 14.9. The smallest absolute Gasteiger partial charge is 0.318 e. The van der Waals surface area contributed by atoms with Crippen LogP contribution in [0.2, 0.25) is 0 Å². The van der Waals surface area contributed by atoms with Gasteiger partial charge in [-0.2, -0.15) is 0 Å². The quantitative estimate of drug-likeness (QED) is 0.350. The zero-order valence-corrected chi connectivity index (χ0v) is 24.5. The molecule has 42 heavy (non-hydrogen) atoms. The average molecular weight is 565 g/mol. The van der Waals surface area contributed by atoms with Crippen LogP contribution in [-0.2, 0) is 17.6 Å². The Morgan fingerprint density at radius 3 is 2.43 bits per heavy atom. The van der Waals surface area contributed by atoms with Gasteiger partial charge in [-0.15, -0.1) is 0 Å². The number of hydrogen-bond donors (Lipinski definition) is 2. The number of para-hydroxylation sites is 3. The fourth-order valence-electron chi connectivity index (χ4n) is 6.48. The maximum Gasteiger partial charge on any atom is 0.318 e. The summed E-state index contributed by atoms with van der Waals surface area (Å²) in [5.41, 5.74) is 5.34. The van der Waals surface area contributed by atoms with E-state index in [-0.39, 0.29) is 11.9 Å². The van der Waals surface area contributed by atoms with E-state index >= 15 is 0 Å². The molecular formula is C34H40N6O2. The van der Waals surface area contributed by atoms with Crippen LogP contribution in [0.1, 0.15) is 11.1 Å². The third kappa shape index (κ3) is 5.99. The Morgan fingerprint density at radius 2 is 1.64 bits per heavy atom. The molecule has 8 nitrogen and oxygen atoms in total. The number of aromatic amines is 1. The van der Waals surface area contributed by atoms with E-state index in [9.17, 15) is 9.59 Å². The van der Waals surface area contributed by atoms with Crippen molar-refractivity contribution in [3.63, 3.8) is 0 Å². The molecule has 0 saturated carbocycles. The number of aromatic nitrogens is 1. The molecule has 3 amide bonds. The Morgan fingerprint density at radius 1 is 0.929 bits per heavy atom. The molecule has 1 unspecified atom stereocenters. The highest BCUT2D eigenvalue weighted by Gasteiger charge is 2.35. The Bertz CT molecular complexity index is 1530. The molecule has 1 aromatic heterocycles. The first-order valence-corrected chi connectivity index (χ1v) is 14.9. The average Bonchev–Trinajstić information content (AvgIpc) is 3.43. The number of piperazine rings is 1. The van der Waals surface area contributed by atoms with Gasteiger partial charge in [0.2, 0.25) is 5.91 Å². The van der Waals surface area contributed by atoms with Crippen LogP contribution < -0.4 is 15.1 Å². The van der Waals surface area contributed by atoms with Crippen LogP contribution in [0.3, 0.4) is 0 Å². The van der Waals surface area contributed by atoms with E-state index in [1.807, 2.05) is 70.6 Å². The monoisotopic (exact) mass is 564 g/mol. The molecule has 6 rings (SSSR count). The Hall–Kier alpha value is -4.30. The summed E-state index contributed by atoms with van der Waals surface area (Å²) in [7, 11) is 4.15. The number of rotatable bonds is 7. The van der Waals surface area contributed by atoms with Crippen molar-refractivity contribution < 1.29 is 9.59 Å². The van der Waals surface area contributed by atoms with Gasteiger partial charge in [0.05, 0.1) is 0 Å². The summed E-state index contributed by atoms with van der Waals surface area (Å²) in [5, 5.41) is 4.26. The highest BCUT2D eigenvalue weighted by Crippen LogP contribution is 2.31. The number of anilines is 2. The minimum Gasteiger partial charge on any atom is -0.368 e. The topological polar surface area (TPSA) is 74.9 Å². The van der Waals surface area contributed by atoms with E-state index in [1.54, 1.807) is 0 Å². The molecule has 218 valence electrons. The van der Waals surface area contributed by atoms with Crippen LogP contribution in [-0.4, -0.2) is 86.1 Å². The number of H-pyrrole nitrogens is 1. The molecule has 0 bridgehead atoms. The van der Waals surface area contributed by atoms with Gasteiger partial charge in [0.1, 0.15) is 6.04 Å². The fraction of sp³-hybridized carbons (Fsp3) is 0.353. The molecule has 2 aliphatic heterocycles. The summed E-state index contributed by atoms with van der Waals surface area (Å²) in [5.74, 6) is 0.252. The van der Waals surface area contributed by atoms with Crippen molar-refractivity contribution in [2.45, 2.75) is 18.9 Å². The lowest BCUT2D eigenvalue weighted by molar-refractivity contribution is -0.120. The number of carbonyl (C=O) groups excluding carboxylic acids is 2. The lowest BCUT2D eigenvalue weighted by Crippen LogP contribution is -2.58. The third-order valence-corrected chi connectivity index (χ3v) is 8.50. The van der Waals surface area contributed by atoms with E-state index in [4.69, 9.17) is 0 Å². The van der Waals surface area contributed by atoms with Crippen LogP contribution in [0.25, 0.3) is 10.9 Å². The molecule has 2 N–H and O–H groups in total. The van der Waals surface area contributed by atoms with Crippen LogP contribution in [0.15, 0.2) is 85.1 Å². The van der Waals surface area contributed by atoms with E-state index in [2.05, 4.69) is 58.5 Å². The predicted octanol–water partition coefficient (Wildman–Crippen LogP) is 4.38. The molecule has 0 aliphatic carbocycles. The normalized spacial score (nSPS) is 17.8. The van der Waals surface area contributed by atoms with Crippen molar-refractivity contribution in [2.75, 3.05) is 63.2 Å². The number of hydrogen-bond acceptors (Lipinski definition) is 4. The van der Waals surface area contributed by atoms with E-state index in [0.717, 1.165) is 48.2 Å². The Balaban J connectivity index is 1.24. The minimum atomic E-state index is -0.699. The first-order chi connectivity index (χ1) is 20.5. The van der Waals surface area contributed by atoms with E-state index in [0.29, 0.717) is 32.0 Å². The summed E-state index contributed by atoms with van der Waals surface area (Å²) in [4.78, 5) is 39.7. The number of fused-ring (bicyclic) bond motifs is 2. The largest absolute Gasteiger partial charge is 0.368 e. The predicted molar refractivity (Wildman–Crippen MR) is 169 cm³/mol. The second kappa shape index (κ2) is 12.3. The van der Waals surface area contributed by atoms with Crippen LogP contribution >= 0.6 is 0 Å². The van der Waals surface area contributed by atoms with Gasteiger partial charge in [-0.25, -0.2) is 4.79 Å². The zero-order chi connectivity index (χ0) is 29.1. The number of amides is 3.